The van der Waals surface area contributed by atoms with Gasteiger partial charge in [-0.15, -0.1) is 0 Å². The molecule has 5 nitrogen and oxygen atoms in total. The van der Waals surface area contributed by atoms with Crippen molar-refractivity contribution in [2.24, 2.45) is 5.92 Å². The molecule has 0 aromatic heterocycles. The fraction of sp³-hybridized carbons (Fsp3) is 0.571. The largest absolute Gasteiger partial charge is 0.380 e. The summed E-state index contributed by atoms with van der Waals surface area (Å²) in [6.45, 7) is 8.11. The van der Waals surface area contributed by atoms with Gasteiger partial charge in [0.1, 0.15) is 0 Å². The van der Waals surface area contributed by atoms with Crippen molar-refractivity contribution >= 4 is 21.6 Å². The van der Waals surface area contributed by atoms with Crippen LogP contribution in [0.5, 0.6) is 0 Å². The quantitative estimate of drug-likeness (QED) is 0.578. The monoisotopic (exact) mass is 344 g/mol. The van der Waals surface area contributed by atoms with E-state index in [4.69, 9.17) is 4.74 Å². The van der Waals surface area contributed by atoms with E-state index in [0.717, 1.165) is 5.56 Å². The van der Waals surface area contributed by atoms with Crippen molar-refractivity contribution in [1.29, 1.82) is 0 Å². The summed E-state index contributed by atoms with van der Waals surface area (Å²) < 4.78 is 5.99. The molecular weight excluding hydrogens is 324 g/mol. The molecule has 0 aliphatic heterocycles. The predicted octanol–water partition coefficient (Wildman–Crippen LogP) is 3.51. The Bertz CT molecular complexity index is 452. The molecule has 0 aliphatic rings. The maximum absolute atomic E-state index is 10.9. The summed E-state index contributed by atoms with van der Waals surface area (Å²) in [4.78, 5) is 10.5. The standard InChI is InChI=1S/C14H21BrN2O3/c1-4-20-9-12(10(2)3)16-8-11-6-5-7-13(14(11)15)17(18)19/h5-7,10,12,16H,4,8-9H2,1-3H3. The Kier molecular flexibility index (Phi) is 7.12. The molecule has 1 rings (SSSR count). The van der Waals surface area contributed by atoms with E-state index < -0.39 is 0 Å². The van der Waals surface area contributed by atoms with Gasteiger partial charge in [0.2, 0.25) is 0 Å². The van der Waals surface area contributed by atoms with Crippen LogP contribution in [0.3, 0.4) is 0 Å². The first kappa shape index (κ1) is 17.1. The molecule has 1 atom stereocenters. The van der Waals surface area contributed by atoms with Crippen LogP contribution in [0.4, 0.5) is 5.69 Å². The average Bonchev–Trinajstić information content (AvgIpc) is 2.39. The van der Waals surface area contributed by atoms with E-state index >= 15 is 0 Å². The van der Waals surface area contributed by atoms with Crippen LogP contribution in [0.25, 0.3) is 0 Å². The first-order valence-corrected chi connectivity index (χ1v) is 7.49. The van der Waals surface area contributed by atoms with Gasteiger partial charge in [0.15, 0.2) is 0 Å². The van der Waals surface area contributed by atoms with Gasteiger partial charge in [-0.25, -0.2) is 0 Å². The van der Waals surface area contributed by atoms with Crippen LogP contribution in [0.15, 0.2) is 22.7 Å². The SMILES string of the molecule is CCOCC(NCc1cccc([N+](=O)[O-])c1Br)C(C)C. The van der Waals surface area contributed by atoms with Gasteiger partial charge in [0.05, 0.1) is 16.0 Å². The highest BCUT2D eigenvalue weighted by Gasteiger charge is 2.17. The molecule has 20 heavy (non-hydrogen) atoms. The minimum absolute atomic E-state index is 0.0928. The van der Waals surface area contributed by atoms with Gasteiger partial charge in [-0.1, -0.05) is 26.0 Å². The molecule has 0 aliphatic carbocycles. The van der Waals surface area contributed by atoms with Crippen molar-refractivity contribution in [3.05, 3.63) is 38.3 Å². The Morgan fingerprint density at radius 3 is 2.70 bits per heavy atom. The summed E-state index contributed by atoms with van der Waals surface area (Å²) in [7, 11) is 0. The van der Waals surface area contributed by atoms with E-state index in [2.05, 4.69) is 35.1 Å². The number of hydrogen-bond donors (Lipinski definition) is 1. The summed E-state index contributed by atoms with van der Waals surface area (Å²) in [5.74, 6) is 0.430. The number of nitrogens with one attached hydrogen (secondary N) is 1. The Balaban J connectivity index is 2.73. The molecule has 1 unspecified atom stereocenters. The second kappa shape index (κ2) is 8.34. The highest BCUT2D eigenvalue weighted by molar-refractivity contribution is 9.10. The zero-order valence-electron chi connectivity index (χ0n) is 12.1. The third-order valence-electron chi connectivity index (χ3n) is 3.12. The molecule has 6 heteroatoms. The first-order valence-electron chi connectivity index (χ1n) is 6.70. The number of nitro groups is 1. The van der Waals surface area contributed by atoms with E-state index in [9.17, 15) is 10.1 Å². The van der Waals surface area contributed by atoms with Crippen LogP contribution in [0, 0.1) is 16.0 Å². The number of benzene rings is 1. The molecule has 0 heterocycles. The first-order chi connectivity index (χ1) is 9.47. The van der Waals surface area contributed by atoms with Crippen LogP contribution in [-0.2, 0) is 11.3 Å². The number of nitro benzene ring substituents is 1. The second-order valence-electron chi connectivity index (χ2n) is 4.90. The van der Waals surface area contributed by atoms with Gasteiger partial charge in [0.25, 0.3) is 5.69 Å². The molecule has 0 amide bonds. The van der Waals surface area contributed by atoms with Crippen LogP contribution in [0.2, 0.25) is 0 Å². The highest BCUT2D eigenvalue weighted by Crippen LogP contribution is 2.28. The average molecular weight is 345 g/mol. The van der Waals surface area contributed by atoms with Crippen LogP contribution in [-0.4, -0.2) is 24.2 Å². The smallest absolute Gasteiger partial charge is 0.283 e. The van der Waals surface area contributed by atoms with Gasteiger partial charge in [0, 0.05) is 25.3 Å². The zero-order chi connectivity index (χ0) is 15.1. The predicted molar refractivity (Wildman–Crippen MR) is 82.8 cm³/mol. The maximum atomic E-state index is 10.9. The molecule has 0 bridgehead atoms. The zero-order valence-corrected chi connectivity index (χ0v) is 13.6. The molecule has 0 saturated carbocycles. The number of rotatable bonds is 8. The van der Waals surface area contributed by atoms with Crippen LogP contribution in [0.1, 0.15) is 26.3 Å². The summed E-state index contributed by atoms with van der Waals surface area (Å²) in [6.07, 6.45) is 0. The van der Waals surface area contributed by atoms with E-state index in [1.165, 1.54) is 6.07 Å². The van der Waals surface area contributed by atoms with E-state index in [0.29, 0.717) is 30.1 Å². The van der Waals surface area contributed by atoms with Crippen molar-refractivity contribution in [3.8, 4) is 0 Å². The molecule has 0 radical (unpaired) electrons. The second-order valence-corrected chi connectivity index (χ2v) is 5.69. The molecule has 1 N–H and O–H groups in total. The normalized spacial score (nSPS) is 12.7. The number of hydrogen-bond acceptors (Lipinski definition) is 4. The van der Waals surface area contributed by atoms with E-state index in [1.807, 2.05) is 13.0 Å². The maximum Gasteiger partial charge on any atom is 0.283 e. The minimum Gasteiger partial charge on any atom is -0.380 e. The summed E-state index contributed by atoms with van der Waals surface area (Å²) in [5, 5.41) is 14.3. The third kappa shape index (κ3) is 4.85. The van der Waals surface area contributed by atoms with Gasteiger partial charge in [-0.3, -0.25) is 10.1 Å². The molecule has 0 saturated heterocycles. The third-order valence-corrected chi connectivity index (χ3v) is 4.03. The lowest BCUT2D eigenvalue weighted by Gasteiger charge is -2.22. The summed E-state index contributed by atoms with van der Waals surface area (Å²) in [6, 6.07) is 5.30. The van der Waals surface area contributed by atoms with Crippen molar-refractivity contribution in [2.45, 2.75) is 33.4 Å². The van der Waals surface area contributed by atoms with Crippen molar-refractivity contribution in [1.82, 2.24) is 5.32 Å². The van der Waals surface area contributed by atoms with Gasteiger partial charge in [-0.2, -0.15) is 0 Å². The lowest BCUT2D eigenvalue weighted by Crippen LogP contribution is -2.37. The van der Waals surface area contributed by atoms with E-state index in [1.54, 1.807) is 6.07 Å². The van der Waals surface area contributed by atoms with Crippen LogP contribution < -0.4 is 5.32 Å². The van der Waals surface area contributed by atoms with Gasteiger partial charge < -0.3 is 10.1 Å². The Morgan fingerprint density at radius 2 is 2.15 bits per heavy atom. The Morgan fingerprint density at radius 1 is 1.45 bits per heavy atom. The fourth-order valence-corrected chi connectivity index (χ4v) is 2.37. The molecular formula is C14H21BrN2O3. The van der Waals surface area contributed by atoms with Crippen molar-refractivity contribution in [2.75, 3.05) is 13.2 Å². The summed E-state index contributed by atoms with van der Waals surface area (Å²) in [5.41, 5.74) is 0.969. The van der Waals surface area contributed by atoms with Gasteiger partial charge in [-0.05, 0) is 34.3 Å². The fourth-order valence-electron chi connectivity index (χ4n) is 1.82. The molecule has 1 aromatic carbocycles. The lowest BCUT2D eigenvalue weighted by atomic mass is 10.0. The minimum atomic E-state index is -0.381. The Labute approximate surface area is 128 Å². The number of halogens is 1. The molecule has 1 aromatic rings. The van der Waals surface area contributed by atoms with Gasteiger partial charge >= 0.3 is 0 Å². The van der Waals surface area contributed by atoms with E-state index in [-0.39, 0.29) is 16.7 Å². The number of nitrogens with zero attached hydrogens (tertiary/aromatic N) is 1. The van der Waals surface area contributed by atoms with Crippen molar-refractivity contribution < 1.29 is 9.66 Å². The number of ether oxygens (including phenoxy) is 1. The Hall–Kier alpha value is -0.980. The topological polar surface area (TPSA) is 64.4 Å². The summed E-state index contributed by atoms with van der Waals surface area (Å²) >= 11 is 3.31. The van der Waals surface area contributed by atoms with Crippen LogP contribution >= 0.6 is 15.9 Å². The molecule has 0 spiro atoms. The molecule has 112 valence electrons. The lowest BCUT2D eigenvalue weighted by molar-refractivity contribution is -0.385. The van der Waals surface area contributed by atoms with Crippen molar-refractivity contribution in [3.63, 3.8) is 0 Å². The highest BCUT2D eigenvalue weighted by atomic mass is 79.9. The molecule has 0 fully saturated rings.